The molecule has 1 aliphatic heterocycles. The first-order valence-electron chi connectivity index (χ1n) is 12.8. The van der Waals surface area contributed by atoms with Crippen molar-refractivity contribution in [3.8, 4) is 5.75 Å². The van der Waals surface area contributed by atoms with Crippen molar-refractivity contribution in [1.82, 2.24) is 4.90 Å². The molecule has 206 valence electrons. The Morgan fingerprint density at radius 1 is 0.878 bits per heavy atom. The highest BCUT2D eigenvalue weighted by Gasteiger charge is 2.39. The predicted molar refractivity (Wildman–Crippen MR) is 156 cm³/mol. The third-order valence-electron chi connectivity index (χ3n) is 6.79. The number of nitrogens with zero attached hydrogens (tertiary/aromatic N) is 2. The van der Waals surface area contributed by atoms with E-state index in [0.717, 1.165) is 10.5 Å². The molecule has 4 aromatic rings. The highest BCUT2D eigenvalue weighted by Crippen LogP contribution is 2.31. The quantitative estimate of drug-likeness (QED) is 0.277. The fraction of sp³-hybridized carbons (Fsp3) is 0.125. The van der Waals surface area contributed by atoms with Gasteiger partial charge < -0.3 is 15.0 Å². The Hall–Kier alpha value is -4.95. The van der Waals surface area contributed by atoms with Crippen LogP contribution in [0.25, 0.3) is 0 Å². The van der Waals surface area contributed by atoms with Crippen LogP contribution in [0.1, 0.15) is 27.5 Å². The smallest absolute Gasteiger partial charge is 0.299 e. The standard InChI is InChI=1S/C32H26ClN3O5/c1-41-25-17-15-24(16-18-25)34-31(39)29(22-11-13-23(33)14-12-22)36(19-21-7-3-2-4-8-21)28(37)20-35-27-10-6-5-9-26(27)30(38)32(35)40/h2-18,29H,19-20H2,1H3,(H,34,39)/t29-/m1/s1. The Morgan fingerprint density at radius 2 is 1.54 bits per heavy atom. The zero-order chi connectivity index (χ0) is 28.9. The maximum atomic E-state index is 14.1. The van der Waals surface area contributed by atoms with E-state index in [0.29, 0.717) is 27.7 Å². The van der Waals surface area contributed by atoms with E-state index in [1.807, 2.05) is 30.3 Å². The highest BCUT2D eigenvalue weighted by atomic mass is 35.5. The maximum Gasteiger partial charge on any atom is 0.299 e. The van der Waals surface area contributed by atoms with Gasteiger partial charge >= 0.3 is 0 Å². The van der Waals surface area contributed by atoms with Gasteiger partial charge in [0.25, 0.3) is 17.6 Å². The molecule has 41 heavy (non-hydrogen) atoms. The van der Waals surface area contributed by atoms with Crippen LogP contribution < -0.4 is 15.0 Å². The Kier molecular flexibility index (Phi) is 8.12. The zero-order valence-electron chi connectivity index (χ0n) is 22.1. The van der Waals surface area contributed by atoms with Crippen molar-refractivity contribution in [3.63, 3.8) is 0 Å². The van der Waals surface area contributed by atoms with Crippen molar-refractivity contribution in [2.45, 2.75) is 12.6 Å². The van der Waals surface area contributed by atoms with Gasteiger partial charge in [-0.25, -0.2) is 0 Å². The minimum atomic E-state index is -1.09. The number of hydrogen-bond acceptors (Lipinski definition) is 5. The average Bonchev–Trinajstić information content (AvgIpc) is 3.23. The summed E-state index contributed by atoms with van der Waals surface area (Å²) >= 11 is 6.15. The lowest BCUT2D eigenvalue weighted by atomic mass is 10.0. The third-order valence-corrected chi connectivity index (χ3v) is 7.04. The number of benzene rings is 4. The number of halogens is 1. The fourth-order valence-corrected chi connectivity index (χ4v) is 4.86. The van der Waals surface area contributed by atoms with Crippen molar-refractivity contribution in [2.75, 3.05) is 23.9 Å². The van der Waals surface area contributed by atoms with E-state index in [1.165, 1.54) is 4.90 Å². The van der Waals surface area contributed by atoms with Crippen LogP contribution in [-0.2, 0) is 20.9 Å². The minimum Gasteiger partial charge on any atom is -0.497 e. The zero-order valence-corrected chi connectivity index (χ0v) is 22.9. The number of ketones is 1. The minimum absolute atomic E-state index is 0.0701. The Balaban J connectivity index is 1.53. The van der Waals surface area contributed by atoms with Crippen LogP contribution in [0.3, 0.4) is 0 Å². The van der Waals surface area contributed by atoms with Crippen LogP contribution in [0.2, 0.25) is 5.02 Å². The molecule has 1 aliphatic rings. The maximum absolute atomic E-state index is 14.1. The molecule has 0 saturated carbocycles. The first-order valence-corrected chi connectivity index (χ1v) is 13.2. The molecule has 4 aromatic carbocycles. The molecule has 9 heteroatoms. The first-order chi connectivity index (χ1) is 19.9. The van der Waals surface area contributed by atoms with E-state index in [1.54, 1.807) is 79.9 Å². The van der Waals surface area contributed by atoms with Crippen LogP contribution in [0.4, 0.5) is 11.4 Å². The van der Waals surface area contributed by atoms with Crippen molar-refractivity contribution < 1.29 is 23.9 Å². The molecule has 0 bridgehead atoms. The lowest BCUT2D eigenvalue weighted by Crippen LogP contribution is -2.46. The first kappa shape index (κ1) is 27.6. The number of amides is 3. The number of carbonyl (C=O) groups is 4. The summed E-state index contributed by atoms with van der Waals surface area (Å²) in [6, 6.07) is 28.2. The molecule has 0 radical (unpaired) electrons. The fourth-order valence-electron chi connectivity index (χ4n) is 4.74. The summed E-state index contributed by atoms with van der Waals surface area (Å²) in [7, 11) is 1.55. The number of para-hydroxylation sites is 1. The van der Waals surface area contributed by atoms with Gasteiger partial charge in [-0.1, -0.05) is 66.2 Å². The summed E-state index contributed by atoms with van der Waals surface area (Å²) < 4.78 is 5.21. The Labute approximate surface area is 242 Å². The lowest BCUT2D eigenvalue weighted by molar-refractivity contribution is -0.139. The topological polar surface area (TPSA) is 96.0 Å². The van der Waals surface area contributed by atoms with Gasteiger partial charge in [0, 0.05) is 17.3 Å². The lowest BCUT2D eigenvalue weighted by Gasteiger charge is -2.33. The summed E-state index contributed by atoms with van der Waals surface area (Å²) in [6.07, 6.45) is 0. The molecule has 0 aliphatic carbocycles. The number of rotatable bonds is 9. The van der Waals surface area contributed by atoms with Crippen LogP contribution >= 0.6 is 11.6 Å². The normalized spacial score (nSPS) is 13.0. The van der Waals surface area contributed by atoms with E-state index in [9.17, 15) is 19.2 Å². The van der Waals surface area contributed by atoms with Gasteiger partial charge in [-0.2, -0.15) is 0 Å². The van der Waals surface area contributed by atoms with Crippen LogP contribution in [0.5, 0.6) is 5.75 Å². The summed E-state index contributed by atoms with van der Waals surface area (Å²) in [5.41, 5.74) is 2.42. The van der Waals surface area contributed by atoms with E-state index in [2.05, 4.69) is 5.32 Å². The number of nitrogens with one attached hydrogen (secondary N) is 1. The molecular formula is C32H26ClN3O5. The molecule has 0 saturated heterocycles. The molecule has 5 rings (SSSR count). The van der Waals surface area contributed by atoms with Crippen molar-refractivity contribution in [3.05, 3.63) is 125 Å². The number of fused-ring (bicyclic) bond motifs is 1. The second-order valence-corrected chi connectivity index (χ2v) is 9.85. The number of Topliss-reactive ketones (excluding diaryl/α,β-unsaturated/α-hetero) is 1. The molecule has 3 amide bonds. The number of carbonyl (C=O) groups excluding carboxylic acids is 4. The molecule has 1 heterocycles. The molecular weight excluding hydrogens is 542 g/mol. The predicted octanol–water partition coefficient (Wildman–Crippen LogP) is 5.29. The molecule has 0 unspecified atom stereocenters. The molecule has 0 spiro atoms. The number of ether oxygens (including phenoxy) is 1. The molecule has 8 nitrogen and oxygen atoms in total. The van der Waals surface area contributed by atoms with E-state index < -0.39 is 36.1 Å². The molecule has 1 N–H and O–H groups in total. The van der Waals surface area contributed by atoms with Gasteiger partial charge in [0.15, 0.2) is 0 Å². The number of hydrogen-bond donors (Lipinski definition) is 1. The number of anilines is 2. The monoisotopic (exact) mass is 567 g/mol. The van der Waals surface area contributed by atoms with Crippen LogP contribution in [0, 0.1) is 0 Å². The van der Waals surface area contributed by atoms with Gasteiger partial charge in [-0.15, -0.1) is 0 Å². The number of methoxy groups -OCH3 is 1. The summed E-state index contributed by atoms with van der Waals surface area (Å²) in [5.74, 6) is -1.81. The van der Waals surface area contributed by atoms with Crippen molar-refractivity contribution in [2.24, 2.45) is 0 Å². The largest absolute Gasteiger partial charge is 0.497 e. The molecule has 0 aromatic heterocycles. The van der Waals surface area contributed by atoms with E-state index in [-0.39, 0.29) is 12.1 Å². The second-order valence-electron chi connectivity index (χ2n) is 9.42. The van der Waals surface area contributed by atoms with Gasteiger partial charge in [0.05, 0.1) is 18.4 Å². The van der Waals surface area contributed by atoms with E-state index >= 15 is 0 Å². The molecule has 0 fully saturated rings. The third kappa shape index (κ3) is 5.97. The van der Waals surface area contributed by atoms with Crippen molar-refractivity contribution >= 4 is 46.5 Å². The van der Waals surface area contributed by atoms with Crippen molar-refractivity contribution in [1.29, 1.82) is 0 Å². The van der Waals surface area contributed by atoms with E-state index in [4.69, 9.17) is 16.3 Å². The summed E-state index contributed by atoms with van der Waals surface area (Å²) in [6.45, 7) is -0.352. The molecule has 1 atom stereocenters. The second kappa shape index (κ2) is 12.1. The van der Waals surface area contributed by atoms with Crippen LogP contribution in [0.15, 0.2) is 103 Å². The van der Waals surface area contributed by atoms with Crippen LogP contribution in [-0.4, -0.2) is 42.1 Å². The Morgan fingerprint density at radius 3 is 2.22 bits per heavy atom. The summed E-state index contributed by atoms with van der Waals surface area (Å²) in [4.78, 5) is 56.1. The highest BCUT2D eigenvalue weighted by molar-refractivity contribution is 6.52. The SMILES string of the molecule is COc1ccc(NC(=O)[C@@H](c2ccc(Cl)cc2)N(Cc2ccccc2)C(=O)CN2C(=O)C(=O)c3ccccc32)cc1. The van der Waals surface area contributed by atoms with Gasteiger partial charge in [-0.05, 0) is 59.7 Å². The van der Waals surface area contributed by atoms with Gasteiger partial charge in [0.1, 0.15) is 18.3 Å². The van der Waals surface area contributed by atoms with Gasteiger partial charge in [0.2, 0.25) is 5.91 Å². The summed E-state index contributed by atoms with van der Waals surface area (Å²) in [5, 5.41) is 3.37. The van der Waals surface area contributed by atoms with Gasteiger partial charge in [-0.3, -0.25) is 24.1 Å². The average molecular weight is 568 g/mol. The Bertz CT molecular complexity index is 1590.